The van der Waals surface area contributed by atoms with Gasteiger partial charge in [0.25, 0.3) is 5.91 Å². The number of carbonyl (C=O) groups excluding carboxylic acids is 1. The molecule has 3 aromatic rings. The summed E-state index contributed by atoms with van der Waals surface area (Å²) in [5, 5.41) is 3.01. The highest BCUT2D eigenvalue weighted by Crippen LogP contribution is 2.27. The van der Waals surface area contributed by atoms with Crippen molar-refractivity contribution in [1.82, 2.24) is 9.29 Å². The summed E-state index contributed by atoms with van der Waals surface area (Å²) in [5.74, 6) is -0.795. The molecule has 0 unspecified atom stereocenters. The number of amides is 1. The van der Waals surface area contributed by atoms with Crippen molar-refractivity contribution in [2.45, 2.75) is 23.8 Å². The van der Waals surface area contributed by atoms with Gasteiger partial charge in [0.05, 0.1) is 21.2 Å². The number of fused-ring (bicyclic) bond motifs is 1. The Morgan fingerprint density at radius 3 is 2.77 bits per heavy atom. The zero-order valence-electron chi connectivity index (χ0n) is 16.2. The molecule has 1 saturated heterocycles. The van der Waals surface area contributed by atoms with Gasteiger partial charge in [0, 0.05) is 25.8 Å². The summed E-state index contributed by atoms with van der Waals surface area (Å²) in [6.07, 6.45) is 1.70. The monoisotopic (exact) mass is 449 g/mol. The smallest absolute Gasteiger partial charge is 0.257 e. The molecule has 0 saturated carbocycles. The van der Waals surface area contributed by atoms with Crippen molar-refractivity contribution < 1.29 is 22.3 Å². The molecule has 1 atom stereocenters. The Kier molecular flexibility index (Phi) is 5.83. The van der Waals surface area contributed by atoms with Crippen molar-refractivity contribution >= 4 is 42.6 Å². The molecular weight excluding hydrogens is 429 g/mol. The van der Waals surface area contributed by atoms with E-state index in [1.165, 1.54) is 47.8 Å². The summed E-state index contributed by atoms with van der Waals surface area (Å²) >= 11 is 1.16. The van der Waals surface area contributed by atoms with Crippen LogP contribution in [0.3, 0.4) is 0 Å². The molecule has 0 spiro atoms. The first-order chi connectivity index (χ1) is 14.3. The van der Waals surface area contributed by atoms with Crippen LogP contribution in [0, 0.1) is 5.82 Å². The number of sulfonamides is 1. The van der Waals surface area contributed by atoms with Gasteiger partial charge in [0.15, 0.2) is 5.13 Å². The molecule has 7 nitrogen and oxygen atoms in total. The van der Waals surface area contributed by atoms with E-state index in [4.69, 9.17) is 4.74 Å². The first-order valence-electron chi connectivity index (χ1n) is 9.38. The van der Waals surface area contributed by atoms with Crippen molar-refractivity contribution in [3.8, 4) is 0 Å². The lowest BCUT2D eigenvalue weighted by atomic mass is 10.2. The number of anilines is 1. The third-order valence-corrected chi connectivity index (χ3v) is 7.65. The van der Waals surface area contributed by atoms with Gasteiger partial charge in [-0.25, -0.2) is 17.8 Å². The van der Waals surface area contributed by atoms with Gasteiger partial charge in [0.2, 0.25) is 10.0 Å². The van der Waals surface area contributed by atoms with E-state index >= 15 is 0 Å². The molecule has 2 aromatic carbocycles. The Morgan fingerprint density at radius 2 is 2.07 bits per heavy atom. The normalized spacial score (nSPS) is 17.0. The highest BCUT2D eigenvalue weighted by Gasteiger charge is 2.26. The van der Waals surface area contributed by atoms with E-state index in [2.05, 4.69) is 10.3 Å². The zero-order chi connectivity index (χ0) is 21.3. The van der Waals surface area contributed by atoms with Crippen molar-refractivity contribution in [3.05, 3.63) is 53.8 Å². The standard InChI is InChI=1S/C20H20FN3O4S2/c1-24(12-15-3-2-10-28-15)30(26,27)16-7-4-13(5-8-16)19(25)23-20-22-17-9-6-14(21)11-18(17)29-20/h4-9,11,15H,2-3,10,12H2,1H3,(H,22,23,25)/t15-/m1/s1. The van der Waals surface area contributed by atoms with Gasteiger partial charge in [0.1, 0.15) is 5.82 Å². The molecule has 2 heterocycles. The predicted molar refractivity (Wildman–Crippen MR) is 113 cm³/mol. The van der Waals surface area contributed by atoms with Gasteiger partial charge in [-0.05, 0) is 55.3 Å². The van der Waals surface area contributed by atoms with Crippen molar-refractivity contribution in [3.63, 3.8) is 0 Å². The lowest BCUT2D eigenvalue weighted by Crippen LogP contribution is -2.34. The quantitative estimate of drug-likeness (QED) is 0.622. The fourth-order valence-electron chi connectivity index (χ4n) is 3.25. The summed E-state index contributed by atoms with van der Waals surface area (Å²) < 4.78 is 46.2. The van der Waals surface area contributed by atoms with Gasteiger partial charge < -0.3 is 4.74 Å². The Balaban J connectivity index is 1.45. The van der Waals surface area contributed by atoms with Gasteiger partial charge in [-0.3, -0.25) is 10.1 Å². The Labute approximate surface area is 177 Å². The van der Waals surface area contributed by atoms with Crippen LogP contribution in [-0.4, -0.2) is 49.9 Å². The van der Waals surface area contributed by atoms with Crippen LogP contribution in [0.4, 0.5) is 9.52 Å². The fraction of sp³-hybridized carbons (Fsp3) is 0.300. The Hall–Kier alpha value is -2.40. The molecule has 1 aliphatic heterocycles. The van der Waals surface area contributed by atoms with Crippen LogP contribution in [0.15, 0.2) is 47.4 Å². The Bertz CT molecular complexity index is 1170. The fourth-order valence-corrected chi connectivity index (χ4v) is 5.34. The number of aromatic nitrogens is 1. The molecule has 158 valence electrons. The maximum atomic E-state index is 13.3. The van der Waals surface area contributed by atoms with E-state index in [0.29, 0.717) is 34.1 Å². The second-order valence-corrected chi connectivity index (χ2v) is 10.1. The minimum absolute atomic E-state index is 0.0860. The van der Waals surface area contributed by atoms with Crippen molar-refractivity contribution in [1.29, 1.82) is 0 Å². The number of rotatable bonds is 6. The van der Waals surface area contributed by atoms with Crippen LogP contribution < -0.4 is 5.32 Å². The van der Waals surface area contributed by atoms with E-state index < -0.39 is 15.9 Å². The molecule has 4 rings (SSSR count). The first-order valence-corrected chi connectivity index (χ1v) is 11.6. The zero-order valence-corrected chi connectivity index (χ0v) is 17.8. The summed E-state index contributed by atoms with van der Waals surface area (Å²) in [6, 6.07) is 9.93. The largest absolute Gasteiger partial charge is 0.377 e. The van der Waals surface area contributed by atoms with Gasteiger partial charge in [-0.15, -0.1) is 0 Å². The molecule has 0 bridgehead atoms. The minimum Gasteiger partial charge on any atom is -0.377 e. The molecule has 1 aromatic heterocycles. The molecule has 30 heavy (non-hydrogen) atoms. The molecule has 1 amide bonds. The third kappa shape index (κ3) is 4.36. The van der Waals surface area contributed by atoms with Gasteiger partial charge >= 0.3 is 0 Å². The molecule has 10 heteroatoms. The van der Waals surface area contributed by atoms with Crippen LogP contribution in [0.5, 0.6) is 0 Å². The molecule has 1 N–H and O–H groups in total. The van der Waals surface area contributed by atoms with Gasteiger partial charge in [-0.2, -0.15) is 4.31 Å². The maximum Gasteiger partial charge on any atom is 0.257 e. The summed E-state index contributed by atoms with van der Waals surface area (Å²) in [4.78, 5) is 16.8. The topological polar surface area (TPSA) is 88.6 Å². The van der Waals surface area contributed by atoms with E-state index in [-0.39, 0.29) is 16.8 Å². The van der Waals surface area contributed by atoms with Gasteiger partial charge in [-0.1, -0.05) is 11.3 Å². The van der Waals surface area contributed by atoms with Crippen LogP contribution in [0.1, 0.15) is 23.2 Å². The SMILES string of the molecule is CN(C[C@H]1CCCO1)S(=O)(=O)c1ccc(C(=O)Nc2nc3ccc(F)cc3s2)cc1. The van der Waals surface area contributed by atoms with Crippen LogP contribution >= 0.6 is 11.3 Å². The third-order valence-electron chi connectivity index (χ3n) is 4.88. The average molecular weight is 450 g/mol. The van der Waals surface area contributed by atoms with Crippen LogP contribution in [0.2, 0.25) is 0 Å². The molecule has 1 fully saturated rings. The lowest BCUT2D eigenvalue weighted by Gasteiger charge is -2.20. The van der Waals surface area contributed by atoms with E-state index in [0.717, 1.165) is 24.2 Å². The summed E-state index contributed by atoms with van der Waals surface area (Å²) in [5.41, 5.74) is 0.883. The van der Waals surface area contributed by atoms with Crippen LogP contribution in [0.25, 0.3) is 10.2 Å². The number of hydrogen-bond acceptors (Lipinski definition) is 6. The summed E-state index contributed by atoms with van der Waals surface area (Å²) in [7, 11) is -2.15. The average Bonchev–Trinajstić information content (AvgIpc) is 3.37. The summed E-state index contributed by atoms with van der Waals surface area (Å²) in [6.45, 7) is 0.953. The number of ether oxygens (including phenoxy) is 1. The Morgan fingerprint density at radius 1 is 1.30 bits per heavy atom. The number of nitrogens with one attached hydrogen (secondary N) is 1. The van der Waals surface area contributed by atoms with Crippen molar-refractivity contribution in [2.75, 3.05) is 25.5 Å². The van der Waals surface area contributed by atoms with E-state index in [1.54, 1.807) is 6.07 Å². The van der Waals surface area contributed by atoms with E-state index in [9.17, 15) is 17.6 Å². The second-order valence-electron chi connectivity index (χ2n) is 7.03. The number of thiazole rings is 1. The molecule has 0 aliphatic carbocycles. The highest BCUT2D eigenvalue weighted by atomic mass is 32.2. The van der Waals surface area contributed by atoms with Crippen LogP contribution in [-0.2, 0) is 14.8 Å². The van der Waals surface area contributed by atoms with Crippen molar-refractivity contribution in [2.24, 2.45) is 0 Å². The molecular formula is C20H20FN3O4S2. The number of nitrogens with zero attached hydrogens (tertiary/aromatic N) is 2. The highest BCUT2D eigenvalue weighted by molar-refractivity contribution is 7.89. The number of halogens is 1. The minimum atomic E-state index is -3.67. The van der Waals surface area contributed by atoms with E-state index in [1.807, 2.05) is 0 Å². The number of likely N-dealkylation sites (N-methyl/N-ethyl adjacent to an activating group) is 1. The number of benzene rings is 2. The predicted octanol–water partition coefficient (Wildman–Crippen LogP) is 3.49. The first kappa shape index (κ1) is 20.9. The lowest BCUT2D eigenvalue weighted by molar-refractivity contribution is 0.0979. The second kappa shape index (κ2) is 8.38. The molecule has 1 aliphatic rings. The maximum absolute atomic E-state index is 13.3. The number of carbonyl (C=O) groups is 1. The number of hydrogen-bond donors (Lipinski definition) is 1. The molecule has 0 radical (unpaired) electrons.